The fourth-order valence-corrected chi connectivity index (χ4v) is 3.72. The molecule has 2 saturated heterocycles. The maximum absolute atomic E-state index is 11.8. The van der Waals surface area contributed by atoms with Gasteiger partial charge in [0.1, 0.15) is 0 Å². The minimum Gasteiger partial charge on any atom is -0.481 e. The number of hydrogen-bond acceptors (Lipinski definition) is 4. The minimum atomic E-state index is -0.759. The Morgan fingerprint density at radius 2 is 1.84 bits per heavy atom. The van der Waals surface area contributed by atoms with Gasteiger partial charge in [-0.1, -0.05) is 12.2 Å². The monoisotopic (exact) mass is 352 g/mol. The van der Waals surface area contributed by atoms with E-state index in [9.17, 15) is 14.4 Å². The molecule has 0 unspecified atom stereocenters. The molecule has 140 valence electrons. The first kappa shape index (κ1) is 19.4. The lowest BCUT2D eigenvalue weighted by Crippen LogP contribution is -2.42. The molecule has 0 aromatic heterocycles. The topological polar surface area (TPSA) is 105 Å². The van der Waals surface area contributed by atoms with Crippen LogP contribution in [0.25, 0.3) is 0 Å². The van der Waals surface area contributed by atoms with Crippen molar-refractivity contribution in [3.8, 4) is 0 Å². The Balaban J connectivity index is 1.74. The molecule has 7 nitrogen and oxygen atoms in total. The van der Waals surface area contributed by atoms with Gasteiger partial charge < -0.3 is 20.5 Å². The van der Waals surface area contributed by atoms with Crippen molar-refractivity contribution in [2.24, 2.45) is 11.8 Å². The van der Waals surface area contributed by atoms with Crippen LogP contribution in [0.15, 0.2) is 12.2 Å². The molecule has 0 radical (unpaired) electrons. The largest absolute Gasteiger partial charge is 0.481 e. The van der Waals surface area contributed by atoms with E-state index in [1.165, 1.54) is 6.92 Å². The Morgan fingerprint density at radius 1 is 1.12 bits per heavy atom. The summed E-state index contributed by atoms with van der Waals surface area (Å²) in [6, 6.07) is 0. The van der Waals surface area contributed by atoms with Crippen molar-refractivity contribution in [2.75, 3.05) is 13.1 Å². The fraction of sp³-hybridized carbons (Fsp3) is 0.722. The van der Waals surface area contributed by atoms with E-state index in [0.717, 1.165) is 25.7 Å². The molecule has 0 aliphatic carbocycles. The van der Waals surface area contributed by atoms with E-state index in [0.29, 0.717) is 24.8 Å². The van der Waals surface area contributed by atoms with E-state index < -0.39 is 5.97 Å². The van der Waals surface area contributed by atoms with Crippen LogP contribution in [0.1, 0.15) is 45.4 Å². The number of ether oxygens (including phenoxy) is 1. The summed E-state index contributed by atoms with van der Waals surface area (Å²) in [5.41, 5.74) is 0. The third-order valence-corrected chi connectivity index (χ3v) is 4.96. The average molecular weight is 352 g/mol. The van der Waals surface area contributed by atoms with Gasteiger partial charge in [0.05, 0.1) is 18.8 Å². The van der Waals surface area contributed by atoms with Crippen LogP contribution >= 0.6 is 0 Å². The van der Waals surface area contributed by atoms with Crippen LogP contribution < -0.4 is 10.6 Å². The molecular formula is C18H28N2O5. The summed E-state index contributed by atoms with van der Waals surface area (Å²) in [7, 11) is 0. The number of amides is 2. The number of unbranched alkanes of at least 4 members (excludes halogenated alkanes) is 1. The van der Waals surface area contributed by atoms with Crippen molar-refractivity contribution in [3.05, 3.63) is 12.2 Å². The highest BCUT2D eigenvalue weighted by Gasteiger charge is 2.47. The highest BCUT2D eigenvalue weighted by atomic mass is 16.5. The first-order chi connectivity index (χ1) is 12.0. The summed E-state index contributed by atoms with van der Waals surface area (Å²) in [5.74, 6) is -0.477. The van der Waals surface area contributed by atoms with E-state index in [2.05, 4.69) is 16.7 Å². The first-order valence-corrected chi connectivity index (χ1v) is 9.00. The van der Waals surface area contributed by atoms with Crippen molar-refractivity contribution >= 4 is 17.8 Å². The number of rotatable bonds is 10. The van der Waals surface area contributed by atoms with Gasteiger partial charge in [0.15, 0.2) is 0 Å². The zero-order valence-electron chi connectivity index (χ0n) is 14.7. The molecule has 3 N–H and O–H groups in total. The number of hydrogen-bond donors (Lipinski definition) is 3. The summed E-state index contributed by atoms with van der Waals surface area (Å²) in [4.78, 5) is 33.1. The Kier molecular flexibility index (Phi) is 7.43. The lowest BCUT2D eigenvalue weighted by atomic mass is 9.77. The molecule has 2 amide bonds. The molecule has 4 atom stereocenters. The van der Waals surface area contributed by atoms with E-state index in [-0.39, 0.29) is 37.0 Å². The van der Waals surface area contributed by atoms with E-state index in [1.54, 1.807) is 0 Å². The molecule has 2 aliphatic heterocycles. The predicted octanol–water partition coefficient (Wildman–Crippen LogP) is 1.23. The number of aliphatic carboxylic acids is 1. The molecular weight excluding hydrogens is 324 g/mol. The van der Waals surface area contributed by atoms with Gasteiger partial charge in [0, 0.05) is 25.8 Å². The van der Waals surface area contributed by atoms with Crippen LogP contribution in [0.2, 0.25) is 0 Å². The molecule has 2 aliphatic rings. The van der Waals surface area contributed by atoms with Gasteiger partial charge in [0.2, 0.25) is 11.8 Å². The van der Waals surface area contributed by atoms with Crippen LogP contribution in [0.3, 0.4) is 0 Å². The number of carbonyl (C=O) groups is 3. The standard InChI is InChI=1S/C18H28N2O5/c1-12(21)19-11-17(22)20-10-14-13(15-8-9-16(14)25-15)6-4-2-3-5-7-18(23)24/h2,4,13-16H,3,5-11H2,1H3,(H,19,21)(H,20,22)(H,23,24)/t13-,14+,15-,16+/m1/s1. The third kappa shape index (κ3) is 6.16. The van der Waals surface area contributed by atoms with Crippen molar-refractivity contribution in [3.63, 3.8) is 0 Å². The molecule has 2 rings (SSSR count). The van der Waals surface area contributed by atoms with E-state index in [4.69, 9.17) is 9.84 Å². The second-order valence-corrected chi connectivity index (χ2v) is 6.82. The predicted molar refractivity (Wildman–Crippen MR) is 91.8 cm³/mol. The number of carboxylic acid groups (broad SMARTS) is 1. The van der Waals surface area contributed by atoms with Gasteiger partial charge >= 0.3 is 5.97 Å². The number of carbonyl (C=O) groups excluding carboxylic acids is 2. The van der Waals surface area contributed by atoms with E-state index >= 15 is 0 Å². The summed E-state index contributed by atoms with van der Waals surface area (Å²) in [5, 5.41) is 14.0. The van der Waals surface area contributed by atoms with Crippen molar-refractivity contribution in [1.29, 1.82) is 0 Å². The van der Waals surface area contributed by atoms with Crippen LogP contribution in [0, 0.1) is 11.8 Å². The third-order valence-electron chi connectivity index (χ3n) is 4.96. The Morgan fingerprint density at radius 3 is 2.52 bits per heavy atom. The molecule has 0 spiro atoms. The van der Waals surface area contributed by atoms with Crippen molar-refractivity contribution in [1.82, 2.24) is 10.6 Å². The van der Waals surface area contributed by atoms with Gasteiger partial charge in [-0.15, -0.1) is 0 Å². The number of allylic oxidation sites excluding steroid dienone is 2. The molecule has 2 heterocycles. The first-order valence-electron chi connectivity index (χ1n) is 9.00. The number of carboxylic acids is 1. The molecule has 7 heteroatoms. The minimum absolute atomic E-state index is 0.00511. The lowest BCUT2D eigenvalue weighted by Gasteiger charge is -2.27. The zero-order chi connectivity index (χ0) is 18.2. The van der Waals surface area contributed by atoms with Gasteiger partial charge in [-0.25, -0.2) is 0 Å². The number of fused-ring (bicyclic) bond motifs is 2. The normalized spacial score (nSPS) is 27.6. The SMILES string of the molecule is CC(=O)NCC(=O)NC[C@H]1[C@@H](CC=CCCCC(=O)O)[C@H]2CC[C@@H]1O2. The molecule has 0 saturated carbocycles. The molecule has 25 heavy (non-hydrogen) atoms. The van der Waals surface area contributed by atoms with E-state index in [1.807, 2.05) is 6.08 Å². The van der Waals surface area contributed by atoms with Crippen LogP contribution in [0.4, 0.5) is 0 Å². The average Bonchev–Trinajstić information content (AvgIpc) is 3.15. The van der Waals surface area contributed by atoms with Crippen LogP contribution in [-0.2, 0) is 19.1 Å². The second-order valence-electron chi connectivity index (χ2n) is 6.82. The summed E-state index contributed by atoms with van der Waals surface area (Å²) in [6.45, 7) is 1.96. The van der Waals surface area contributed by atoms with Crippen LogP contribution in [0.5, 0.6) is 0 Å². The second kappa shape index (κ2) is 9.56. The summed E-state index contributed by atoms with van der Waals surface area (Å²) in [6.07, 6.45) is 9.24. The fourth-order valence-electron chi connectivity index (χ4n) is 3.72. The highest BCUT2D eigenvalue weighted by molar-refractivity contribution is 5.83. The highest BCUT2D eigenvalue weighted by Crippen LogP contribution is 2.44. The summed E-state index contributed by atoms with van der Waals surface area (Å²) < 4.78 is 6.01. The molecule has 2 bridgehead atoms. The van der Waals surface area contributed by atoms with Crippen molar-refractivity contribution in [2.45, 2.75) is 57.7 Å². The Hall–Kier alpha value is -1.89. The van der Waals surface area contributed by atoms with Gasteiger partial charge in [-0.2, -0.15) is 0 Å². The molecule has 0 aromatic rings. The zero-order valence-corrected chi connectivity index (χ0v) is 14.7. The summed E-state index contributed by atoms with van der Waals surface area (Å²) >= 11 is 0. The van der Waals surface area contributed by atoms with Gasteiger partial charge in [-0.05, 0) is 38.0 Å². The van der Waals surface area contributed by atoms with Crippen molar-refractivity contribution < 1.29 is 24.2 Å². The number of nitrogens with one attached hydrogen (secondary N) is 2. The molecule has 2 fully saturated rings. The quantitative estimate of drug-likeness (QED) is 0.405. The van der Waals surface area contributed by atoms with Gasteiger partial charge in [0.25, 0.3) is 0 Å². The smallest absolute Gasteiger partial charge is 0.303 e. The Labute approximate surface area is 148 Å². The maximum Gasteiger partial charge on any atom is 0.303 e. The maximum atomic E-state index is 11.8. The lowest BCUT2D eigenvalue weighted by molar-refractivity contribution is -0.137. The Bertz CT molecular complexity index is 520. The van der Waals surface area contributed by atoms with Crippen LogP contribution in [-0.4, -0.2) is 48.2 Å². The molecule has 0 aromatic carbocycles. The van der Waals surface area contributed by atoms with Gasteiger partial charge in [-0.3, -0.25) is 14.4 Å².